The van der Waals surface area contributed by atoms with Gasteiger partial charge in [0.15, 0.2) is 11.6 Å². The summed E-state index contributed by atoms with van der Waals surface area (Å²) in [6.45, 7) is 3.84. The molecule has 0 heterocycles. The minimum Gasteiger partial charge on any atom is -0.494 e. The molecular formula is C15H24FNO3. The molecule has 1 atom stereocenters. The van der Waals surface area contributed by atoms with Crippen molar-refractivity contribution in [1.82, 2.24) is 5.32 Å². The lowest BCUT2D eigenvalue weighted by Crippen LogP contribution is -2.33. The van der Waals surface area contributed by atoms with Gasteiger partial charge in [0, 0.05) is 20.1 Å². The van der Waals surface area contributed by atoms with Gasteiger partial charge < -0.3 is 19.9 Å². The van der Waals surface area contributed by atoms with E-state index in [-0.39, 0.29) is 5.75 Å². The molecule has 1 unspecified atom stereocenters. The second-order valence-electron chi connectivity index (χ2n) is 5.14. The van der Waals surface area contributed by atoms with Crippen molar-refractivity contribution in [2.24, 2.45) is 0 Å². The fourth-order valence-electron chi connectivity index (χ4n) is 2.00. The maximum Gasteiger partial charge on any atom is 0.165 e. The topological polar surface area (TPSA) is 50.7 Å². The van der Waals surface area contributed by atoms with E-state index >= 15 is 0 Å². The van der Waals surface area contributed by atoms with Gasteiger partial charge in [0.25, 0.3) is 0 Å². The standard InChI is InChI=1S/C15H24FNO3/c1-15(18,6-7-17-8-9-19-2)11-12-4-5-14(20-3)13(16)10-12/h4-5,10,17-18H,6-9,11H2,1-3H3. The Morgan fingerprint density at radius 1 is 1.30 bits per heavy atom. The van der Waals surface area contributed by atoms with Crippen molar-refractivity contribution in [2.75, 3.05) is 33.9 Å². The lowest BCUT2D eigenvalue weighted by atomic mass is 9.93. The second-order valence-corrected chi connectivity index (χ2v) is 5.14. The van der Waals surface area contributed by atoms with E-state index in [1.165, 1.54) is 13.2 Å². The molecule has 0 saturated heterocycles. The van der Waals surface area contributed by atoms with Gasteiger partial charge in [0.05, 0.1) is 19.3 Å². The molecular weight excluding hydrogens is 261 g/mol. The predicted octanol–water partition coefficient (Wildman–Crippen LogP) is 1.75. The minimum atomic E-state index is -0.874. The summed E-state index contributed by atoms with van der Waals surface area (Å²) < 4.78 is 23.4. The zero-order chi connectivity index (χ0) is 15.0. The number of ether oxygens (including phenoxy) is 2. The van der Waals surface area contributed by atoms with E-state index in [0.717, 1.165) is 12.1 Å². The minimum absolute atomic E-state index is 0.217. The van der Waals surface area contributed by atoms with Crippen LogP contribution in [0.25, 0.3) is 0 Å². The molecule has 0 aliphatic heterocycles. The van der Waals surface area contributed by atoms with E-state index in [4.69, 9.17) is 9.47 Å². The third kappa shape index (κ3) is 5.86. The molecule has 2 N–H and O–H groups in total. The first-order valence-electron chi connectivity index (χ1n) is 6.73. The number of halogens is 1. The van der Waals surface area contributed by atoms with Crippen molar-refractivity contribution in [3.63, 3.8) is 0 Å². The van der Waals surface area contributed by atoms with Gasteiger partial charge in [-0.05, 0) is 37.6 Å². The number of nitrogens with one attached hydrogen (secondary N) is 1. The molecule has 0 saturated carbocycles. The summed E-state index contributed by atoms with van der Waals surface area (Å²) in [6.07, 6.45) is 0.990. The summed E-state index contributed by atoms with van der Waals surface area (Å²) in [4.78, 5) is 0. The summed E-state index contributed by atoms with van der Waals surface area (Å²) >= 11 is 0. The Bertz CT molecular complexity index is 410. The normalized spacial score (nSPS) is 14.1. The van der Waals surface area contributed by atoms with Crippen molar-refractivity contribution < 1.29 is 19.0 Å². The van der Waals surface area contributed by atoms with E-state index in [9.17, 15) is 9.50 Å². The van der Waals surface area contributed by atoms with Crippen LogP contribution < -0.4 is 10.1 Å². The Balaban J connectivity index is 2.46. The summed E-state index contributed by atoms with van der Waals surface area (Å²) in [5.74, 6) is -0.186. The van der Waals surface area contributed by atoms with Crippen LogP contribution in [0.15, 0.2) is 18.2 Å². The molecule has 0 aliphatic rings. The van der Waals surface area contributed by atoms with Gasteiger partial charge in [-0.2, -0.15) is 0 Å². The highest BCUT2D eigenvalue weighted by molar-refractivity contribution is 5.30. The highest BCUT2D eigenvalue weighted by Crippen LogP contribution is 2.22. The molecule has 5 heteroatoms. The Kier molecular flexibility index (Phi) is 6.91. The number of methoxy groups -OCH3 is 2. The SMILES string of the molecule is COCCNCCC(C)(O)Cc1ccc(OC)c(F)c1. The molecule has 20 heavy (non-hydrogen) atoms. The van der Waals surface area contributed by atoms with E-state index in [2.05, 4.69) is 5.32 Å². The molecule has 0 bridgehead atoms. The van der Waals surface area contributed by atoms with Crippen LogP contribution in [0.2, 0.25) is 0 Å². The largest absolute Gasteiger partial charge is 0.494 e. The van der Waals surface area contributed by atoms with Crippen LogP contribution in [0.4, 0.5) is 4.39 Å². The smallest absolute Gasteiger partial charge is 0.165 e. The van der Waals surface area contributed by atoms with Crippen molar-refractivity contribution >= 4 is 0 Å². The first-order chi connectivity index (χ1) is 9.48. The molecule has 1 aromatic rings. The lowest BCUT2D eigenvalue weighted by molar-refractivity contribution is 0.0509. The van der Waals surface area contributed by atoms with Crippen LogP contribution in [0.5, 0.6) is 5.75 Å². The number of aliphatic hydroxyl groups is 1. The molecule has 0 spiro atoms. The third-order valence-corrected chi connectivity index (χ3v) is 3.12. The van der Waals surface area contributed by atoms with E-state index in [1.54, 1.807) is 26.2 Å². The molecule has 1 aromatic carbocycles. The van der Waals surface area contributed by atoms with Crippen LogP contribution in [-0.4, -0.2) is 44.6 Å². The van der Waals surface area contributed by atoms with Crippen molar-refractivity contribution in [1.29, 1.82) is 0 Å². The highest BCUT2D eigenvalue weighted by atomic mass is 19.1. The van der Waals surface area contributed by atoms with Gasteiger partial charge >= 0.3 is 0 Å². The summed E-state index contributed by atoms with van der Waals surface area (Å²) in [5, 5.41) is 13.5. The Labute approximate surface area is 119 Å². The average molecular weight is 285 g/mol. The van der Waals surface area contributed by atoms with Crippen LogP contribution in [0.1, 0.15) is 18.9 Å². The highest BCUT2D eigenvalue weighted by Gasteiger charge is 2.21. The van der Waals surface area contributed by atoms with Gasteiger partial charge in [-0.15, -0.1) is 0 Å². The average Bonchev–Trinajstić information content (AvgIpc) is 2.38. The lowest BCUT2D eigenvalue weighted by Gasteiger charge is -2.23. The van der Waals surface area contributed by atoms with Crippen LogP contribution in [-0.2, 0) is 11.2 Å². The zero-order valence-electron chi connectivity index (χ0n) is 12.4. The molecule has 0 aromatic heterocycles. The van der Waals surface area contributed by atoms with Gasteiger partial charge in [0.2, 0.25) is 0 Å². The van der Waals surface area contributed by atoms with Crippen LogP contribution in [0, 0.1) is 5.82 Å². The van der Waals surface area contributed by atoms with Crippen LogP contribution in [0.3, 0.4) is 0 Å². The van der Waals surface area contributed by atoms with Gasteiger partial charge in [-0.1, -0.05) is 6.07 Å². The van der Waals surface area contributed by atoms with Crippen molar-refractivity contribution in [3.05, 3.63) is 29.6 Å². The van der Waals surface area contributed by atoms with E-state index < -0.39 is 11.4 Å². The van der Waals surface area contributed by atoms with Crippen molar-refractivity contribution in [3.8, 4) is 5.75 Å². The molecule has 4 nitrogen and oxygen atoms in total. The van der Waals surface area contributed by atoms with Crippen molar-refractivity contribution in [2.45, 2.75) is 25.4 Å². The predicted molar refractivity (Wildman–Crippen MR) is 76.6 cm³/mol. The molecule has 114 valence electrons. The third-order valence-electron chi connectivity index (χ3n) is 3.12. The number of rotatable bonds is 9. The fourth-order valence-corrected chi connectivity index (χ4v) is 2.00. The van der Waals surface area contributed by atoms with Gasteiger partial charge in [-0.3, -0.25) is 0 Å². The fraction of sp³-hybridized carbons (Fsp3) is 0.600. The maximum absolute atomic E-state index is 13.6. The number of benzene rings is 1. The molecule has 0 radical (unpaired) electrons. The molecule has 0 amide bonds. The molecule has 1 rings (SSSR count). The van der Waals surface area contributed by atoms with Gasteiger partial charge in [-0.25, -0.2) is 4.39 Å². The number of hydrogen-bond acceptors (Lipinski definition) is 4. The van der Waals surface area contributed by atoms with E-state index in [0.29, 0.717) is 26.0 Å². The summed E-state index contributed by atoms with van der Waals surface area (Å²) in [6, 6.07) is 4.76. The van der Waals surface area contributed by atoms with E-state index in [1.807, 2.05) is 0 Å². The summed E-state index contributed by atoms with van der Waals surface area (Å²) in [7, 11) is 3.08. The Hall–Kier alpha value is -1.17. The Morgan fingerprint density at radius 3 is 2.65 bits per heavy atom. The molecule has 0 fully saturated rings. The zero-order valence-corrected chi connectivity index (χ0v) is 12.4. The van der Waals surface area contributed by atoms with Crippen LogP contribution >= 0.6 is 0 Å². The second kappa shape index (κ2) is 8.19. The summed E-state index contributed by atoms with van der Waals surface area (Å²) in [5.41, 5.74) is -0.119. The molecule has 0 aliphatic carbocycles. The Morgan fingerprint density at radius 2 is 2.05 bits per heavy atom. The number of hydrogen-bond donors (Lipinski definition) is 2. The van der Waals surface area contributed by atoms with Gasteiger partial charge in [0.1, 0.15) is 0 Å². The first-order valence-corrected chi connectivity index (χ1v) is 6.73. The first kappa shape index (κ1) is 16.9. The maximum atomic E-state index is 13.6. The quantitative estimate of drug-likeness (QED) is 0.679. The monoisotopic (exact) mass is 285 g/mol.